The summed E-state index contributed by atoms with van der Waals surface area (Å²) in [4.78, 5) is 4.60. The van der Waals surface area contributed by atoms with Gasteiger partial charge in [-0.2, -0.15) is 0 Å². The van der Waals surface area contributed by atoms with Gasteiger partial charge in [-0.3, -0.25) is 0 Å². The molecule has 0 spiro atoms. The van der Waals surface area contributed by atoms with Crippen LogP contribution in [0, 0.1) is 5.82 Å². The minimum absolute atomic E-state index is 0.360. The molecule has 2 aromatic carbocycles. The average molecular weight is 304 g/mol. The van der Waals surface area contributed by atoms with Gasteiger partial charge < -0.3 is 9.88 Å². The van der Waals surface area contributed by atoms with E-state index in [4.69, 9.17) is 11.6 Å². The second kappa shape index (κ2) is 5.74. The van der Waals surface area contributed by atoms with Gasteiger partial charge in [0.1, 0.15) is 11.6 Å². The Kier molecular flexibility index (Phi) is 3.80. The lowest BCUT2D eigenvalue weighted by Crippen LogP contribution is -2.08. The summed E-state index contributed by atoms with van der Waals surface area (Å²) in [5, 5.41) is 3.46. The van der Waals surface area contributed by atoms with Gasteiger partial charge in [-0.25, -0.2) is 9.37 Å². The van der Waals surface area contributed by atoms with Crippen molar-refractivity contribution in [1.29, 1.82) is 0 Å². The zero-order valence-corrected chi connectivity index (χ0v) is 12.4. The number of nitrogens with zero attached hydrogens (tertiary/aromatic N) is 2. The number of anilines is 1. The van der Waals surface area contributed by atoms with Crippen LogP contribution in [0.3, 0.4) is 0 Å². The van der Waals surface area contributed by atoms with Crippen LogP contribution in [0.4, 0.5) is 10.1 Å². The third-order valence-electron chi connectivity index (χ3n) is 3.42. The van der Waals surface area contributed by atoms with Crippen molar-refractivity contribution < 1.29 is 4.39 Å². The predicted molar refractivity (Wildman–Crippen MR) is 84.1 cm³/mol. The first kappa shape index (κ1) is 13.9. The van der Waals surface area contributed by atoms with Crippen molar-refractivity contribution in [3.63, 3.8) is 0 Å². The smallest absolute Gasteiger partial charge is 0.147 e. The largest absolute Gasteiger partial charge is 0.375 e. The summed E-state index contributed by atoms with van der Waals surface area (Å²) >= 11 is 5.75. The second-order valence-electron chi connectivity index (χ2n) is 4.74. The van der Waals surface area contributed by atoms with Crippen LogP contribution in [0.2, 0.25) is 5.02 Å². The van der Waals surface area contributed by atoms with Gasteiger partial charge in [0.25, 0.3) is 0 Å². The van der Waals surface area contributed by atoms with Crippen molar-refractivity contribution in [2.75, 3.05) is 5.32 Å². The van der Waals surface area contributed by atoms with Gasteiger partial charge in [0.2, 0.25) is 0 Å². The molecule has 21 heavy (non-hydrogen) atoms. The minimum atomic E-state index is -0.360. The number of hydrogen-bond acceptors (Lipinski definition) is 2. The minimum Gasteiger partial charge on any atom is -0.375 e. The van der Waals surface area contributed by atoms with Crippen molar-refractivity contribution in [2.45, 2.75) is 20.0 Å². The van der Waals surface area contributed by atoms with Crippen LogP contribution in [-0.2, 0) is 13.1 Å². The molecule has 1 heterocycles. The van der Waals surface area contributed by atoms with E-state index in [2.05, 4.69) is 21.8 Å². The average Bonchev–Trinajstić information content (AvgIpc) is 2.83. The van der Waals surface area contributed by atoms with Crippen LogP contribution >= 0.6 is 11.6 Å². The van der Waals surface area contributed by atoms with E-state index in [1.807, 2.05) is 24.3 Å². The monoisotopic (exact) mass is 303 g/mol. The van der Waals surface area contributed by atoms with Crippen molar-refractivity contribution in [3.05, 3.63) is 59.1 Å². The normalized spacial score (nSPS) is 11.0. The number of fused-ring (bicyclic) bond motifs is 1. The number of nitrogens with one attached hydrogen (secondary N) is 1. The highest BCUT2D eigenvalue weighted by Gasteiger charge is 2.09. The number of halogens is 2. The number of hydrogen-bond donors (Lipinski definition) is 1. The van der Waals surface area contributed by atoms with Crippen molar-refractivity contribution in [3.8, 4) is 0 Å². The second-order valence-corrected chi connectivity index (χ2v) is 5.18. The van der Waals surface area contributed by atoms with Crippen LogP contribution in [0.15, 0.2) is 42.5 Å². The Hall–Kier alpha value is -2.07. The molecule has 5 heteroatoms. The lowest BCUT2D eigenvalue weighted by Gasteiger charge is -2.09. The van der Waals surface area contributed by atoms with Crippen LogP contribution in [-0.4, -0.2) is 9.55 Å². The van der Waals surface area contributed by atoms with Gasteiger partial charge in [-0.15, -0.1) is 0 Å². The summed E-state index contributed by atoms with van der Waals surface area (Å²) in [6.45, 7) is 3.35. The van der Waals surface area contributed by atoms with Gasteiger partial charge in [-0.05, 0) is 37.3 Å². The number of imidazole rings is 1. The van der Waals surface area contributed by atoms with Crippen LogP contribution in [0.5, 0.6) is 0 Å². The van der Waals surface area contributed by atoms with E-state index in [0.29, 0.717) is 17.3 Å². The standard InChI is InChI=1S/C16H15ClFN3/c1-2-21-15-6-4-3-5-14(15)20-16(21)10-19-13-8-7-11(17)9-12(13)18/h3-9,19H,2,10H2,1H3. The SMILES string of the molecule is CCn1c(CNc2ccc(Cl)cc2F)nc2ccccc21. The highest BCUT2D eigenvalue weighted by molar-refractivity contribution is 6.30. The molecule has 0 saturated carbocycles. The topological polar surface area (TPSA) is 29.9 Å². The molecular formula is C16H15ClFN3. The third kappa shape index (κ3) is 2.72. The highest BCUT2D eigenvalue weighted by atomic mass is 35.5. The van der Waals surface area contributed by atoms with Crippen LogP contribution in [0.1, 0.15) is 12.7 Å². The molecule has 0 fully saturated rings. The molecule has 0 aliphatic carbocycles. The molecule has 0 aliphatic heterocycles. The molecule has 108 valence electrons. The van der Waals surface area contributed by atoms with Gasteiger partial charge in [-0.1, -0.05) is 23.7 Å². The van der Waals surface area contributed by atoms with E-state index in [0.717, 1.165) is 23.4 Å². The van der Waals surface area contributed by atoms with Crippen molar-refractivity contribution in [2.24, 2.45) is 0 Å². The molecule has 0 aliphatic rings. The molecule has 3 rings (SSSR count). The molecule has 0 unspecified atom stereocenters. The third-order valence-corrected chi connectivity index (χ3v) is 3.65. The number of para-hydroxylation sites is 2. The Balaban J connectivity index is 1.88. The maximum absolute atomic E-state index is 13.8. The van der Waals surface area contributed by atoms with E-state index < -0.39 is 0 Å². The lowest BCUT2D eigenvalue weighted by molar-refractivity contribution is 0.629. The number of rotatable bonds is 4. The Morgan fingerprint density at radius 1 is 1.24 bits per heavy atom. The van der Waals surface area contributed by atoms with Gasteiger partial charge in [0.05, 0.1) is 23.3 Å². The number of benzene rings is 2. The fourth-order valence-corrected chi connectivity index (χ4v) is 2.58. The van der Waals surface area contributed by atoms with E-state index in [1.165, 1.54) is 6.07 Å². The fraction of sp³-hybridized carbons (Fsp3) is 0.188. The molecule has 3 aromatic rings. The Morgan fingerprint density at radius 3 is 2.81 bits per heavy atom. The van der Waals surface area contributed by atoms with Crippen molar-refractivity contribution >= 4 is 28.3 Å². The zero-order valence-electron chi connectivity index (χ0n) is 11.6. The lowest BCUT2D eigenvalue weighted by atomic mass is 10.3. The Labute approximate surface area is 127 Å². The summed E-state index contributed by atoms with van der Waals surface area (Å²) in [5.41, 5.74) is 2.47. The summed E-state index contributed by atoms with van der Waals surface area (Å²) < 4.78 is 15.9. The van der Waals surface area contributed by atoms with Gasteiger partial charge in [0, 0.05) is 11.6 Å². The van der Waals surface area contributed by atoms with E-state index >= 15 is 0 Å². The summed E-state index contributed by atoms with van der Waals surface area (Å²) in [6, 6.07) is 12.6. The maximum atomic E-state index is 13.8. The molecule has 3 nitrogen and oxygen atoms in total. The molecule has 0 bridgehead atoms. The van der Waals surface area contributed by atoms with Crippen LogP contribution < -0.4 is 5.32 Å². The van der Waals surface area contributed by atoms with E-state index in [-0.39, 0.29) is 5.82 Å². The van der Waals surface area contributed by atoms with Crippen LogP contribution in [0.25, 0.3) is 11.0 Å². The molecular weight excluding hydrogens is 289 g/mol. The van der Waals surface area contributed by atoms with Gasteiger partial charge in [0.15, 0.2) is 0 Å². The summed E-state index contributed by atoms with van der Waals surface area (Å²) in [5.74, 6) is 0.523. The predicted octanol–water partition coefficient (Wildman–Crippen LogP) is 4.46. The maximum Gasteiger partial charge on any atom is 0.147 e. The van der Waals surface area contributed by atoms with E-state index in [1.54, 1.807) is 12.1 Å². The first-order chi connectivity index (χ1) is 10.2. The van der Waals surface area contributed by atoms with E-state index in [9.17, 15) is 4.39 Å². The molecule has 1 N–H and O–H groups in total. The first-order valence-electron chi connectivity index (χ1n) is 6.82. The zero-order chi connectivity index (χ0) is 14.8. The number of aryl methyl sites for hydroxylation is 1. The molecule has 1 aromatic heterocycles. The first-order valence-corrected chi connectivity index (χ1v) is 7.20. The molecule has 0 saturated heterocycles. The number of aromatic nitrogens is 2. The fourth-order valence-electron chi connectivity index (χ4n) is 2.42. The summed E-state index contributed by atoms with van der Waals surface area (Å²) in [6.07, 6.45) is 0. The Bertz CT molecular complexity index is 782. The molecule has 0 radical (unpaired) electrons. The molecule has 0 atom stereocenters. The highest BCUT2D eigenvalue weighted by Crippen LogP contribution is 2.21. The Morgan fingerprint density at radius 2 is 2.05 bits per heavy atom. The molecule has 0 amide bonds. The quantitative estimate of drug-likeness (QED) is 0.771. The summed E-state index contributed by atoms with van der Waals surface area (Å²) in [7, 11) is 0. The van der Waals surface area contributed by atoms with Crippen molar-refractivity contribution in [1.82, 2.24) is 9.55 Å². The van der Waals surface area contributed by atoms with Gasteiger partial charge >= 0.3 is 0 Å².